The summed E-state index contributed by atoms with van der Waals surface area (Å²) >= 11 is 0. The molecule has 1 aromatic heterocycles. The van der Waals surface area contributed by atoms with Crippen LogP contribution in [-0.4, -0.2) is 29.6 Å². The number of rotatable bonds is 2. The Bertz CT molecular complexity index is 222. The maximum Gasteiger partial charge on any atom is 0.316 e. The van der Waals surface area contributed by atoms with Gasteiger partial charge in [-0.3, -0.25) is 0 Å². The van der Waals surface area contributed by atoms with Gasteiger partial charge < -0.3 is 4.74 Å². The summed E-state index contributed by atoms with van der Waals surface area (Å²) in [7, 11) is 1.47. The van der Waals surface area contributed by atoms with E-state index in [2.05, 4.69) is 22.5 Å². The number of nitrogens with zero attached hydrogens (tertiary/aromatic N) is 2. The zero-order chi connectivity index (χ0) is 8.27. The van der Waals surface area contributed by atoms with Crippen LogP contribution in [0.15, 0.2) is 17.3 Å². The van der Waals surface area contributed by atoms with Crippen LogP contribution < -0.4 is 4.74 Å². The molecule has 0 atom stereocenters. The Morgan fingerprint density at radius 3 is 2.18 bits per heavy atom. The summed E-state index contributed by atoms with van der Waals surface area (Å²) in [6.07, 6.45) is 7.97. The molecular formula is C7H12N2OS. The van der Waals surface area contributed by atoms with Crippen molar-refractivity contribution in [2.75, 3.05) is 19.6 Å². The molecule has 0 saturated carbocycles. The van der Waals surface area contributed by atoms with Gasteiger partial charge in [-0.15, -0.1) is 0 Å². The maximum atomic E-state index is 4.83. The standard InChI is InChI=1S/C7H12N2OS/c1-10-7-8-4-6(5-9-7)11(2)3/h4-5,11H,1-3H3. The van der Waals surface area contributed by atoms with Crippen molar-refractivity contribution in [2.45, 2.75) is 4.90 Å². The molecule has 0 N–H and O–H groups in total. The third kappa shape index (κ3) is 2.08. The van der Waals surface area contributed by atoms with E-state index >= 15 is 0 Å². The van der Waals surface area contributed by atoms with E-state index in [-0.39, 0.29) is 10.9 Å². The van der Waals surface area contributed by atoms with Gasteiger partial charge in [-0.25, -0.2) is 20.9 Å². The van der Waals surface area contributed by atoms with Crippen molar-refractivity contribution in [3.8, 4) is 6.01 Å². The fourth-order valence-electron chi connectivity index (χ4n) is 0.646. The van der Waals surface area contributed by atoms with E-state index in [9.17, 15) is 0 Å². The van der Waals surface area contributed by atoms with Crippen LogP contribution in [-0.2, 0) is 0 Å². The third-order valence-electron chi connectivity index (χ3n) is 1.31. The second-order valence-electron chi connectivity index (χ2n) is 2.32. The highest BCUT2D eigenvalue weighted by Crippen LogP contribution is 2.26. The Kier molecular flexibility index (Phi) is 2.70. The van der Waals surface area contributed by atoms with Gasteiger partial charge in [0.1, 0.15) is 0 Å². The fourth-order valence-corrected chi connectivity index (χ4v) is 1.22. The van der Waals surface area contributed by atoms with Crippen molar-refractivity contribution < 1.29 is 4.74 Å². The molecule has 11 heavy (non-hydrogen) atoms. The van der Waals surface area contributed by atoms with Crippen LogP contribution in [0, 0.1) is 0 Å². The molecule has 1 aromatic rings. The average Bonchev–Trinajstić information content (AvgIpc) is 2.05. The van der Waals surface area contributed by atoms with E-state index < -0.39 is 0 Å². The smallest absolute Gasteiger partial charge is 0.316 e. The molecule has 0 fully saturated rings. The average molecular weight is 172 g/mol. The van der Waals surface area contributed by atoms with Crippen LogP contribution in [0.1, 0.15) is 0 Å². The lowest BCUT2D eigenvalue weighted by molar-refractivity contribution is 0.378. The number of hydrogen-bond donors (Lipinski definition) is 1. The Morgan fingerprint density at radius 1 is 1.27 bits per heavy atom. The van der Waals surface area contributed by atoms with E-state index in [1.54, 1.807) is 7.11 Å². The lowest BCUT2D eigenvalue weighted by Gasteiger charge is -2.07. The highest BCUT2D eigenvalue weighted by Gasteiger charge is 1.97. The van der Waals surface area contributed by atoms with Gasteiger partial charge in [0.15, 0.2) is 0 Å². The molecule has 4 heteroatoms. The van der Waals surface area contributed by atoms with Crippen molar-refractivity contribution in [2.24, 2.45) is 0 Å². The van der Waals surface area contributed by atoms with Crippen molar-refractivity contribution in [3.63, 3.8) is 0 Å². The van der Waals surface area contributed by atoms with Gasteiger partial charge in [0.2, 0.25) is 0 Å². The highest BCUT2D eigenvalue weighted by atomic mass is 32.2. The van der Waals surface area contributed by atoms with Gasteiger partial charge in [0.05, 0.1) is 7.11 Å². The largest absolute Gasteiger partial charge is 0.467 e. The SMILES string of the molecule is COc1ncc([SH](C)C)cn1. The second-order valence-corrected chi connectivity index (χ2v) is 4.63. The van der Waals surface area contributed by atoms with Gasteiger partial charge >= 0.3 is 6.01 Å². The molecule has 0 unspecified atom stereocenters. The topological polar surface area (TPSA) is 35.0 Å². The molecule has 0 aliphatic heterocycles. The molecule has 0 radical (unpaired) electrons. The van der Waals surface area contributed by atoms with Crippen LogP contribution in [0.3, 0.4) is 0 Å². The van der Waals surface area contributed by atoms with Gasteiger partial charge in [-0.2, -0.15) is 0 Å². The molecular weight excluding hydrogens is 160 g/mol. The van der Waals surface area contributed by atoms with Crippen molar-refractivity contribution in [1.29, 1.82) is 0 Å². The molecule has 3 nitrogen and oxygen atoms in total. The Balaban J connectivity index is 2.83. The van der Waals surface area contributed by atoms with Gasteiger partial charge in [-0.05, 0) is 12.5 Å². The summed E-state index contributed by atoms with van der Waals surface area (Å²) in [4.78, 5) is 9.20. The monoisotopic (exact) mass is 172 g/mol. The van der Waals surface area contributed by atoms with Crippen molar-refractivity contribution in [1.82, 2.24) is 9.97 Å². The van der Waals surface area contributed by atoms with Crippen LogP contribution in [0.5, 0.6) is 6.01 Å². The number of ether oxygens (including phenoxy) is 1. The van der Waals surface area contributed by atoms with Crippen LogP contribution >= 0.6 is 10.9 Å². The van der Waals surface area contributed by atoms with E-state index in [4.69, 9.17) is 4.74 Å². The predicted molar refractivity (Wildman–Crippen MR) is 47.7 cm³/mol. The number of aromatic nitrogens is 2. The molecule has 0 bridgehead atoms. The Labute approximate surface area is 69.2 Å². The van der Waals surface area contributed by atoms with E-state index in [0.29, 0.717) is 6.01 Å². The Morgan fingerprint density at radius 2 is 1.82 bits per heavy atom. The molecule has 0 aliphatic carbocycles. The molecule has 0 amide bonds. The van der Waals surface area contributed by atoms with Gasteiger partial charge in [0.25, 0.3) is 0 Å². The van der Waals surface area contributed by atoms with Crippen molar-refractivity contribution in [3.05, 3.63) is 12.4 Å². The zero-order valence-electron chi connectivity index (χ0n) is 6.90. The molecule has 1 heterocycles. The number of thiol groups is 1. The first-order valence-electron chi connectivity index (χ1n) is 3.27. The first-order chi connectivity index (χ1) is 5.24. The van der Waals surface area contributed by atoms with E-state index in [0.717, 1.165) is 0 Å². The lowest BCUT2D eigenvalue weighted by Crippen LogP contribution is -1.91. The van der Waals surface area contributed by atoms with Crippen LogP contribution in [0.4, 0.5) is 0 Å². The Hall–Kier alpha value is -0.770. The lowest BCUT2D eigenvalue weighted by atomic mass is 10.7. The second kappa shape index (κ2) is 3.57. The predicted octanol–water partition coefficient (Wildman–Crippen LogP) is 1.10. The molecule has 62 valence electrons. The third-order valence-corrected chi connectivity index (χ3v) is 2.58. The molecule has 1 rings (SSSR count). The number of hydrogen-bond acceptors (Lipinski definition) is 3. The maximum absolute atomic E-state index is 4.83. The van der Waals surface area contributed by atoms with E-state index in [1.807, 2.05) is 12.4 Å². The normalized spacial score (nSPS) is 11.0. The summed E-state index contributed by atoms with van der Waals surface area (Å²) in [5.74, 6) is 0. The summed E-state index contributed by atoms with van der Waals surface area (Å²) in [6.45, 7) is 0. The minimum absolute atomic E-state index is 0.0935. The summed E-state index contributed by atoms with van der Waals surface area (Å²) in [5, 5.41) is 0. The van der Waals surface area contributed by atoms with E-state index in [1.165, 1.54) is 4.90 Å². The summed E-state index contributed by atoms with van der Waals surface area (Å²) < 4.78 is 4.83. The molecule has 0 saturated heterocycles. The zero-order valence-corrected chi connectivity index (χ0v) is 7.80. The van der Waals surface area contributed by atoms with Gasteiger partial charge in [0, 0.05) is 17.3 Å². The minimum Gasteiger partial charge on any atom is -0.467 e. The van der Waals surface area contributed by atoms with Crippen molar-refractivity contribution >= 4 is 10.9 Å². The molecule has 0 spiro atoms. The van der Waals surface area contributed by atoms with Crippen LogP contribution in [0.25, 0.3) is 0 Å². The molecule has 0 aromatic carbocycles. The number of methoxy groups -OCH3 is 1. The molecule has 0 aliphatic rings. The quantitative estimate of drug-likeness (QED) is 0.679. The summed E-state index contributed by atoms with van der Waals surface area (Å²) in [5.41, 5.74) is 0. The minimum atomic E-state index is -0.0935. The summed E-state index contributed by atoms with van der Waals surface area (Å²) in [6, 6.07) is 0.436. The first-order valence-corrected chi connectivity index (χ1v) is 5.51. The fraction of sp³-hybridized carbons (Fsp3) is 0.429. The van der Waals surface area contributed by atoms with Crippen LogP contribution in [0.2, 0.25) is 0 Å². The van der Waals surface area contributed by atoms with Gasteiger partial charge in [-0.1, -0.05) is 0 Å². The first kappa shape index (κ1) is 8.33. The highest BCUT2D eigenvalue weighted by molar-refractivity contribution is 8.15.